The zero-order valence-corrected chi connectivity index (χ0v) is 34.5. The van der Waals surface area contributed by atoms with Gasteiger partial charge in [0.05, 0.1) is 19.8 Å². The summed E-state index contributed by atoms with van der Waals surface area (Å²) in [5.74, 6) is -1.03. The van der Waals surface area contributed by atoms with E-state index in [0.29, 0.717) is 19.3 Å². The van der Waals surface area contributed by atoms with Crippen molar-refractivity contribution in [2.24, 2.45) is 0 Å². The molecule has 0 aromatic heterocycles. The number of hydrogen-bond donors (Lipinski definition) is 3. The molecule has 55 heavy (non-hydrogen) atoms. The van der Waals surface area contributed by atoms with Gasteiger partial charge in [0.25, 0.3) is 0 Å². The average molecular weight is 791 g/mol. The van der Waals surface area contributed by atoms with Gasteiger partial charge in [-0.2, -0.15) is 0 Å². The second-order valence-corrected chi connectivity index (χ2v) is 14.3. The van der Waals surface area contributed by atoms with Gasteiger partial charge in [0.15, 0.2) is 6.10 Å². The van der Waals surface area contributed by atoms with Crippen molar-refractivity contribution in [2.75, 3.05) is 26.4 Å². The van der Waals surface area contributed by atoms with Crippen molar-refractivity contribution in [3.63, 3.8) is 0 Å². The SMILES string of the molecule is CC/C=C\C/C=C\C/C=C\C/C=C\C/C=C\CCCC(=O)OC(COC(=O)CCCCCCC/C=C\C/C=C\C/C=C\CC)COP(=O)(O)OCC(O)CO. The van der Waals surface area contributed by atoms with Crippen LogP contribution in [0.15, 0.2) is 97.2 Å². The number of hydrogen-bond acceptors (Lipinski definition) is 9. The number of carbonyl (C=O) groups excluding carboxylic acids is 2. The van der Waals surface area contributed by atoms with E-state index in [2.05, 4.69) is 103 Å². The highest BCUT2D eigenvalue weighted by atomic mass is 31.2. The number of aliphatic hydroxyl groups excluding tert-OH is 2. The lowest BCUT2D eigenvalue weighted by Crippen LogP contribution is -2.29. The third-order valence-electron chi connectivity index (χ3n) is 7.73. The topological polar surface area (TPSA) is 149 Å². The molecule has 0 aliphatic heterocycles. The highest BCUT2D eigenvalue weighted by molar-refractivity contribution is 7.47. The second-order valence-electron chi connectivity index (χ2n) is 12.9. The van der Waals surface area contributed by atoms with Crippen LogP contribution in [0, 0.1) is 0 Å². The van der Waals surface area contributed by atoms with Crippen LogP contribution in [0.2, 0.25) is 0 Å². The van der Waals surface area contributed by atoms with Crippen LogP contribution in [0.1, 0.15) is 129 Å². The van der Waals surface area contributed by atoms with Gasteiger partial charge in [-0.25, -0.2) is 4.57 Å². The Bertz CT molecular complexity index is 1230. The zero-order chi connectivity index (χ0) is 40.5. The lowest BCUT2D eigenvalue weighted by molar-refractivity contribution is -0.161. The number of esters is 2. The highest BCUT2D eigenvalue weighted by Gasteiger charge is 2.27. The summed E-state index contributed by atoms with van der Waals surface area (Å²) in [7, 11) is -4.64. The molecule has 0 saturated carbocycles. The first-order valence-electron chi connectivity index (χ1n) is 20.2. The minimum absolute atomic E-state index is 0.0958. The van der Waals surface area contributed by atoms with E-state index in [-0.39, 0.29) is 19.4 Å². The van der Waals surface area contributed by atoms with Gasteiger partial charge in [0.1, 0.15) is 12.7 Å². The molecule has 10 nitrogen and oxygen atoms in total. The molecule has 11 heteroatoms. The summed E-state index contributed by atoms with van der Waals surface area (Å²) in [6.07, 6.45) is 46.7. The Morgan fingerprint density at radius 3 is 1.47 bits per heavy atom. The molecule has 0 amide bonds. The number of ether oxygens (including phenoxy) is 2. The van der Waals surface area contributed by atoms with Gasteiger partial charge in [0.2, 0.25) is 0 Å². The van der Waals surface area contributed by atoms with Gasteiger partial charge in [-0.05, 0) is 83.5 Å². The third-order valence-corrected chi connectivity index (χ3v) is 8.68. The fourth-order valence-corrected chi connectivity index (χ4v) is 5.48. The molecular weight excluding hydrogens is 719 g/mol. The first-order chi connectivity index (χ1) is 26.7. The van der Waals surface area contributed by atoms with Gasteiger partial charge < -0.3 is 24.6 Å². The van der Waals surface area contributed by atoms with Crippen LogP contribution >= 0.6 is 7.82 Å². The first kappa shape index (κ1) is 51.9. The van der Waals surface area contributed by atoms with Crippen molar-refractivity contribution < 1.29 is 47.8 Å². The van der Waals surface area contributed by atoms with Gasteiger partial charge >= 0.3 is 19.8 Å². The molecule has 0 aliphatic carbocycles. The van der Waals surface area contributed by atoms with Gasteiger partial charge in [-0.15, -0.1) is 0 Å². The number of carbonyl (C=O) groups is 2. The van der Waals surface area contributed by atoms with E-state index in [1.54, 1.807) is 0 Å². The second kappa shape index (κ2) is 39.1. The van der Waals surface area contributed by atoms with Crippen LogP contribution in [0.3, 0.4) is 0 Å². The summed E-state index contributed by atoms with van der Waals surface area (Å²) in [6, 6.07) is 0. The molecule has 0 saturated heterocycles. The zero-order valence-electron chi connectivity index (χ0n) is 33.6. The monoisotopic (exact) mass is 790 g/mol. The number of allylic oxidation sites excluding steroid dienone is 16. The lowest BCUT2D eigenvalue weighted by Gasteiger charge is -2.20. The average Bonchev–Trinajstić information content (AvgIpc) is 3.17. The number of phosphoric ester groups is 1. The molecule has 312 valence electrons. The van der Waals surface area contributed by atoms with E-state index in [9.17, 15) is 24.2 Å². The van der Waals surface area contributed by atoms with Crippen molar-refractivity contribution in [3.05, 3.63) is 97.2 Å². The smallest absolute Gasteiger partial charge is 0.462 e. The Morgan fingerprint density at radius 1 is 0.545 bits per heavy atom. The molecule has 3 N–H and O–H groups in total. The molecule has 3 unspecified atom stereocenters. The van der Waals surface area contributed by atoms with Crippen molar-refractivity contribution in [2.45, 2.75) is 142 Å². The molecule has 0 aliphatic rings. The Hall–Kier alpha value is -3.11. The van der Waals surface area contributed by atoms with Crippen LogP contribution < -0.4 is 0 Å². The minimum Gasteiger partial charge on any atom is -0.462 e. The summed E-state index contributed by atoms with van der Waals surface area (Å²) >= 11 is 0. The Labute approximate surface area is 332 Å². The molecule has 0 radical (unpaired) electrons. The summed E-state index contributed by atoms with van der Waals surface area (Å²) in [5.41, 5.74) is 0. The van der Waals surface area contributed by atoms with E-state index in [4.69, 9.17) is 19.1 Å². The van der Waals surface area contributed by atoms with Crippen LogP contribution in [0.4, 0.5) is 0 Å². The minimum atomic E-state index is -4.64. The molecule has 0 fully saturated rings. The highest BCUT2D eigenvalue weighted by Crippen LogP contribution is 2.43. The van der Waals surface area contributed by atoms with Gasteiger partial charge in [-0.3, -0.25) is 18.6 Å². The molecule has 0 rings (SSSR count). The van der Waals surface area contributed by atoms with Crippen LogP contribution in [0.5, 0.6) is 0 Å². The number of rotatable bonds is 36. The summed E-state index contributed by atoms with van der Waals surface area (Å²) in [5, 5.41) is 18.3. The molecule has 0 aromatic carbocycles. The Kier molecular flexibility index (Phi) is 36.9. The summed E-state index contributed by atoms with van der Waals surface area (Å²) < 4.78 is 32.6. The van der Waals surface area contributed by atoms with E-state index in [0.717, 1.165) is 83.5 Å². The molecular formula is C44H71O10P. The number of aliphatic hydroxyl groups is 2. The fraction of sp³-hybridized carbons (Fsp3) is 0.591. The van der Waals surface area contributed by atoms with Gasteiger partial charge in [0, 0.05) is 12.8 Å². The maximum absolute atomic E-state index is 12.6. The number of phosphoric acid groups is 1. The maximum atomic E-state index is 12.6. The van der Waals surface area contributed by atoms with Crippen molar-refractivity contribution in [1.82, 2.24) is 0 Å². The van der Waals surface area contributed by atoms with Crippen LogP contribution in [0.25, 0.3) is 0 Å². The molecule has 3 atom stereocenters. The molecule has 0 heterocycles. The predicted molar refractivity (Wildman–Crippen MR) is 223 cm³/mol. The normalized spacial score (nSPS) is 14.9. The van der Waals surface area contributed by atoms with E-state index >= 15 is 0 Å². The first-order valence-corrected chi connectivity index (χ1v) is 21.7. The number of unbranched alkanes of at least 4 members (excludes halogenated alkanes) is 6. The van der Waals surface area contributed by atoms with E-state index < -0.39 is 51.8 Å². The predicted octanol–water partition coefficient (Wildman–Crippen LogP) is 10.4. The maximum Gasteiger partial charge on any atom is 0.472 e. The Balaban J connectivity index is 4.49. The van der Waals surface area contributed by atoms with Crippen LogP contribution in [-0.2, 0) is 32.7 Å². The molecule has 0 bridgehead atoms. The Morgan fingerprint density at radius 2 is 0.964 bits per heavy atom. The summed E-state index contributed by atoms with van der Waals surface area (Å²) in [4.78, 5) is 34.9. The largest absolute Gasteiger partial charge is 0.472 e. The lowest BCUT2D eigenvalue weighted by atomic mass is 10.1. The van der Waals surface area contributed by atoms with Crippen LogP contribution in [-0.4, -0.2) is 65.7 Å². The molecule has 0 spiro atoms. The van der Waals surface area contributed by atoms with Crippen molar-refractivity contribution in [3.8, 4) is 0 Å². The van der Waals surface area contributed by atoms with Crippen molar-refractivity contribution in [1.29, 1.82) is 0 Å². The quantitative estimate of drug-likeness (QED) is 0.0242. The van der Waals surface area contributed by atoms with Crippen molar-refractivity contribution >= 4 is 19.8 Å². The summed E-state index contributed by atoms with van der Waals surface area (Å²) in [6.45, 7) is 2.03. The third kappa shape index (κ3) is 38.9. The van der Waals surface area contributed by atoms with Gasteiger partial charge in [-0.1, -0.05) is 130 Å². The fourth-order valence-electron chi connectivity index (χ4n) is 4.69. The molecule has 0 aromatic rings. The standard InChI is InChI=1S/C44H71O10P/c1-3-5-7-9-11-13-15-17-19-20-22-24-26-28-30-32-34-36-44(48)54-42(40-53-55(49,50)52-38-41(46)37-45)39-51-43(47)35-33-31-29-27-25-23-21-18-16-14-12-10-8-6-4-2/h5-8,11-14,17-19,21-22,24,28,30,41-42,45-46H,3-4,9-10,15-16,20,23,25-27,29,31-40H2,1-2H3,(H,49,50)/b7-5-,8-6-,13-11-,14-12-,19-17-,21-18-,24-22-,30-28-. The van der Waals surface area contributed by atoms with E-state index in [1.807, 2.05) is 12.2 Å². The van der Waals surface area contributed by atoms with E-state index in [1.165, 1.54) is 0 Å².